The molecule has 1 atom stereocenters. The fourth-order valence-corrected chi connectivity index (χ4v) is 4.53. The molecule has 1 aromatic heterocycles. The number of carbonyl (C=O) groups is 1. The molecular formula is C25H32N4O3S. The van der Waals surface area contributed by atoms with Crippen molar-refractivity contribution in [1.82, 2.24) is 9.71 Å². The van der Waals surface area contributed by atoms with Crippen LogP contribution in [0.3, 0.4) is 0 Å². The van der Waals surface area contributed by atoms with Crippen molar-refractivity contribution in [3.8, 4) is 11.6 Å². The summed E-state index contributed by atoms with van der Waals surface area (Å²) in [5.74, 6) is -0.0174. The van der Waals surface area contributed by atoms with Crippen LogP contribution in [0.4, 0.5) is 5.69 Å². The Morgan fingerprint density at radius 1 is 1.09 bits per heavy atom. The number of nitrogens with one attached hydrogen (secondary N) is 2. The first-order chi connectivity index (χ1) is 15.3. The molecule has 0 saturated heterocycles. The minimum Gasteiger partial charge on any atom is -0.438 e. The topological polar surface area (TPSA) is 118 Å². The molecule has 0 radical (unpaired) electrons. The molecule has 0 aliphatic rings. The van der Waals surface area contributed by atoms with Gasteiger partial charge in [-0.25, -0.2) is 14.0 Å². The predicted octanol–water partition coefficient (Wildman–Crippen LogP) is 5.68. The van der Waals surface area contributed by atoms with Crippen LogP contribution in [0, 0.1) is 25.6 Å². The van der Waals surface area contributed by atoms with Crippen LogP contribution in [0.15, 0.2) is 53.4 Å². The van der Waals surface area contributed by atoms with Gasteiger partial charge in [-0.2, -0.15) is 0 Å². The summed E-state index contributed by atoms with van der Waals surface area (Å²) in [6.45, 7) is 11.9. The van der Waals surface area contributed by atoms with Gasteiger partial charge < -0.3 is 10.5 Å². The molecule has 3 rings (SSSR count). The summed E-state index contributed by atoms with van der Waals surface area (Å²) in [7, 11) is -3.64. The molecule has 1 amide bonds. The van der Waals surface area contributed by atoms with Gasteiger partial charge in [-0.15, -0.1) is 0 Å². The number of rotatable bonds is 5. The monoisotopic (exact) mass is 468 g/mol. The number of nitrogen functional groups attached to an aromatic ring is 1. The van der Waals surface area contributed by atoms with Crippen LogP contribution in [-0.2, 0) is 15.3 Å². The number of nitrogens with zero attached hydrogens (tertiary/aromatic N) is 1. The van der Waals surface area contributed by atoms with E-state index >= 15 is 0 Å². The summed E-state index contributed by atoms with van der Waals surface area (Å²) in [6.07, 6.45) is 0. The number of aromatic nitrogens is 1. The van der Waals surface area contributed by atoms with Crippen molar-refractivity contribution >= 4 is 21.5 Å². The third-order valence-electron chi connectivity index (χ3n) is 5.10. The Morgan fingerprint density at radius 2 is 1.73 bits per heavy atom. The molecule has 3 aromatic rings. The summed E-state index contributed by atoms with van der Waals surface area (Å²) in [4.78, 5) is 17.9. The van der Waals surface area contributed by atoms with E-state index in [0.717, 1.165) is 22.4 Å². The van der Waals surface area contributed by atoms with Gasteiger partial charge in [-0.05, 0) is 62.2 Å². The molecule has 0 aliphatic heterocycles. The fourth-order valence-electron chi connectivity index (χ4n) is 3.47. The van der Waals surface area contributed by atoms with E-state index in [1.165, 1.54) is 12.1 Å². The zero-order chi connectivity index (χ0) is 24.6. The largest absolute Gasteiger partial charge is 0.438 e. The molecule has 0 spiro atoms. The van der Waals surface area contributed by atoms with Crippen LogP contribution in [0.25, 0.3) is 0 Å². The highest BCUT2D eigenvalue weighted by Crippen LogP contribution is 2.33. The molecule has 0 fully saturated rings. The second-order valence-electron chi connectivity index (χ2n) is 9.19. The maximum absolute atomic E-state index is 13.2. The van der Waals surface area contributed by atoms with Gasteiger partial charge in [0.05, 0.1) is 4.90 Å². The summed E-state index contributed by atoms with van der Waals surface area (Å²) in [5.41, 5.74) is 9.56. The van der Waals surface area contributed by atoms with Crippen LogP contribution >= 0.6 is 0 Å². The van der Waals surface area contributed by atoms with Crippen molar-refractivity contribution in [2.75, 3.05) is 5.73 Å². The maximum atomic E-state index is 13.2. The van der Waals surface area contributed by atoms with Gasteiger partial charge in [-0.1, -0.05) is 44.5 Å². The molecule has 0 aliphatic carbocycles. The molecule has 7 nitrogen and oxygen atoms in total. The van der Waals surface area contributed by atoms with Gasteiger partial charge in [0.1, 0.15) is 11.3 Å². The number of nitrogens with two attached hydrogens (primary N) is 1. The Hall–Kier alpha value is -3.39. The second-order valence-corrected chi connectivity index (χ2v) is 11.0. The standard InChI is InChI=1S/C25H30N4O3S.H2/c1-15-12-16(2)22(17(3)13-15)32-24-20(10-11-21(28-24)25(4,5)6)23(30)29-33(27,31)19-9-7-8-18(26)14-19;/h7-14H,26H2,1-6H3,(H2,27,29,30,31);1H. The SMILES string of the molecule is Cc1cc(C)c(Oc2nc(C(C)(C)C)ccc2C(=O)NS(=N)(=O)c2cccc(N)c2)c(C)c1.[HH]. The molecule has 4 N–H and O–H groups in total. The number of hydrogen-bond acceptors (Lipinski definition) is 6. The normalized spacial score (nSPS) is 13.3. The summed E-state index contributed by atoms with van der Waals surface area (Å²) < 4.78 is 29.7. The van der Waals surface area contributed by atoms with E-state index < -0.39 is 15.8 Å². The lowest BCUT2D eigenvalue weighted by atomic mass is 9.91. The molecule has 33 heavy (non-hydrogen) atoms. The van der Waals surface area contributed by atoms with Crippen molar-refractivity contribution in [3.63, 3.8) is 0 Å². The van der Waals surface area contributed by atoms with Crippen LogP contribution < -0.4 is 15.2 Å². The number of carbonyl (C=O) groups excluding carboxylic acids is 1. The highest BCUT2D eigenvalue weighted by atomic mass is 32.2. The van der Waals surface area contributed by atoms with E-state index in [-0.39, 0.29) is 23.2 Å². The van der Waals surface area contributed by atoms with E-state index in [1.54, 1.807) is 24.3 Å². The Morgan fingerprint density at radius 3 is 2.30 bits per heavy atom. The lowest BCUT2D eigenvalue weighted by Crippen LogP contribution is -2.30. The molecule has 0 bridgehead atoms. The van der Waals surface area contributed by atoms with Gasteiger partial charge in [-0.3, -0.25) is 9.52 Å². The van der Waals surface area contributed by atoms with Gasteiger partial charge in [0.2, 0.25) is 5.88 Å². The molecular weight excluding hydrogens is 436 g/mol. The summed E-state index contributed by atoms with van der Waals surface area (Å²) in [5, 5.41) is 0. The van der Waals surface area contributed by atoms with Gasteiger partial charge in [0.15, 0.2) is 9.92 Å². The molecule has 2 aromatic carbocycles. The van der Waals surface area contributed by atoms with E-state index in [4.69, 9.17) is 15.3 Å². The van der Waals surface area contributed by atoms with Crippen LogP contribution in [-0.4, -0.2) is 15.1 Å². The number of benzene rings is 2. The van der Waals surface area contributed by atoms with E-state index in [1.807, 2.05) is 53.7 Å². The molecule has 1 unspecified atom stereocenters. The Balaban J connectivity index is 0.00000408. The van der Waals surface area contributed by atoms with Crippen molar-refractivity contribution < 1.29 is 15.2 Å². The summed E-state index contributed by atoms with van der Waals surface area (Å²) in [6, 6.07) is 13.4. The minimum absolute atomic E-state index is 0. The highest BCUT2D eigenvalue weighted by molar-refractivity contribution is 7.91. The second kappa shape index (κ2) is 8.86. The van der Waals surface area contributed by atoms with E-state index in [0.29, 0.717) is 11.4 Å². The van der Waals surface area contributed by atoms with E-state index in [2.05, 4.69) is 9.71 Å². The van der Waals surface area contributed by atoms with Gasteiger partial charge in [0, 0.05) is 18.2 Å². The number of aryl methyl sites for hydroxylation is 3. The predicted molar refractivity (Wildman–Crippen MR) is 133 cm³/mol. The average Bonchev–Trinajstić information content (AvgIpc) is 2.69. The molecule has 0 saturated carbocycles. The Kier molecular flexibility index (Phi) is 6.51. The number of ether oxygens (including phenoxy) is 1. The first kappa shape index (κ1) is 24.3. The first-order valence-corrected chi connectivity index (χ1v) is 12.1. The average molecular weight is 469 g/mol. The smallest absolute Gasteiger partial charge is 0.269 e. The molecule has 8 heteroatoms. The lowest BCUT2D eigenvalue weighted by molar-refractivity contribution is 0.0979. The van der Waals surface area contributed by atoms with Crippen molar-refractivity contribution in [1.29, 1.82) is 4.78 Å². The van der Waals surface area contributed by atoms with Gasteiger partial charge in [0.25, 0.3) is 5.91 Å². The first-order valence-electron chi connectivity index (χ1n) is 10.5. The number of hydrogen-bond donors (Lipinski definition) is 3. The van der Waals surface area contributed by atoms with E-state index in [9.17, 15) is 9.00 Å². The highest BCUT2D eigenvalue weighted by Gasteiger charge is 2.24. The van der Waals surface area contributed by atoms with Gasteiger partial charge >= 0.3 is 0 Å². The maximum Gasteiger partial charge on any atom is 0.269 e. The van der Waals surface area contributed by atoms with Crippen LogP contribution in [0.2, 0.25) is 0 Å². The minimum atomic E-state index is -3.64. The van der Waals surface area contributed by atoms with Crippen molar-refractivity contribution in [3.05, 3.63) is 76.5 Å². The van der Waals surface area contributed by atoms with Crippen molar-refractivity contribution in [2.45, 2.75) is 51.9 Å². The summed E-state index contributed by atoms with van der Waals surface area (Å²) >= 11 is 0. The number of anilines is 1. The third-order valence-corrected chi connectivity index (χ3v) is 6.49. The number of amides is 1. The Labute approximate surface area is 197 Å². The zero-order valence-corrected chi connectivity index (χ0v) is 20.6. The molecule has 1 heterocycles. The number of pyridine rings is 1. The lowest BCUT2D eigenvalue weighted by Gasteiger charge is -2.21. The third kappa shape index (κ3) is 5.51. The zero-order valence-electron chi connectivity index (χ0n) is 19.8. The fraction of sp³-hybridized carbons (Fsp3) is 0.280. The molecule has 176 valence electrons. The van der Waals surface area contributed by atoms with Crippen LogP contribution in [0.1, 0.15) is 54.9 Å². The van der Waals surface area contributed by atoms with Crippen LogP contribution in [0.5, 0.6) is 11.6 Å². The quantitative estimate of drug-likeness (QED) is 0.417. The van der Waals surface area contributed by atoms with Crippen molar-refractivity contribution in [2.24, 2.45) is 0 Å². The Bertz CT molecular complexity index is 1310.